The fourth-order valence-electron chi connectivity index (χ4n) is 3.32. The van der Waals surface area contributed by atoms with E-state index in [0.717, 1.165) is 24.8 Å². The molecule has 1 aromatic carbocycles. The Morgan fingerprint density at radius 1 is 1.23 bits per heavy atom. The highest BCUT2D eigenvalue weighted by Gasteiger charge is 2.35. The van der Waals surface area contributed by atoms with Gasteiger partial charge in [0.05, 0.1) is 4.90 Å². The van der Waals surface area contributed by atoms with Crippen molar-refractivity contribution in [3.8, 4) is 0 Å². The third kappa shape index (κ3) is 4.64. The molecule has 144 valence electrons. The molecule has 26 heavy (non-hydrogen) atoms. The average Bonchev–Trinajstić information content (AvgIpc) is 3.38. The first-order valence-electron chi connectivity index (χ1n) is 9.32. The van der Waals surface area contributed by atoms with E-state index < -0.39 is 10.0 Å². The number of hydrogen-bond donors (Lipinski definition) is 2. The molecule has 6 nitrogen and oxygen atoms in total. The lowest BCUT2D eigenvalue weighted by Crippen LogP contribution is -2.54. The van der Waals surface area contributed by atoms with Crippen LogP contribution in [0.1, 0.15) is 45.1 Å². The fourth-order valence-corrected chi connectivity index (χ4v) is 4.63. The number of rotatable bonds is 6. The Labute approximate surface area is 156 Å². The van der Waals surface area contributed by atoms with Gasteiger partial charge in [0.15, 0.2) is 0 Å². The van der Waals surface area contributed by atoms with Gasteiger partial charge in [0.1, 0.15) is 0 Å². The van der Waals surface area contributed by atoms with E-state index in [0.29, 0.717) is 25.9 Å². The van der Waals surface area contributed by atoms with E-state index in [1.54, 1.807) is 24.3 Å². The Morgan fingerprint density at radius 3 is 2.46 bits per heavy atom. The van der Waals surface area contributed by atoms with Crippen molar-refractivity contribution in [1.82, 2.24) is 9.62 Å². The van der Waals surface area contributed by atoms with Crippen LogP contribution in [0.2, 0.25) is 0 Å². The van der Waals surface area contributed by atoms with E-state index in [1.807, 2.05) is 4.90 Å². The second-order valence-electron chi connectivity index (χ2n) is 8.24. The average molecular weight is 380 g/mol. The summed E-state index contributed by atoms with van der Waals surface area (Å²) in [6.45, 7) is 5.61. The predicted molar refractivity (Wildman–Crippen MR) is 101 cm³/mol. The van der Waals surface area contributed by atoms with E-state index in [-0.39, 0.29) is 28.3 Å². The number of amides is 1. The largest absolute Gasteiger partial charge is 0.342 e. The Balaban J connectivity index is 1.54. The molecule has 3 rings (SSSR count). The smallest absolute Gasteiger partial charge is 0.240 e. The van der Waals surface area contributed by atoms with Gasteiger partial charge in [0.2, 0.25) is 15.9 Å². The van der Waals surface area contributed by atoms with Crippen molar-refractivity contribution in [3.63, 3.8) is 0 Å². The zero-order valence-electron chi connectivity index (χ0n) is 15.6. The lowest BCUT2D eigenvalue weighted by atomic mass is 9.79. The van der Waals surface area contributed by atoms with Gasteiger partial charge < -0.3 is 10.6 Å². The van der Waals surface area contributed by atoms with Crippen LogP contribution >= 0.6 is 0 Å². The molecule has 1 amide bonds. The summed E-state index contributed by atoms with van der Waals surface area (Å²) < 4.78 is 27.0. The highest BCUT2D eigenvalue weighted by atomic mass is 32.2. The van der Waals surface area contributed by atoms with Crippen LogP contribution in [0.4, 0.5) is 0 Å². The number of nitrogens with zero attached hydrogens (tertiary/aromatic N) is 1. The normalized spacial score (nSPS) is 23.0. The minimum atomic E-state index is -3.42. The van der Waals surface area contributed by atoms with Crippen molar-refractivity contribution < 1.29 is 13.2 Å². The second kappa shape index (κ2) is 7.29. The molecule has 7 heteroatoms. The summed E-state index contributed by atoms with van der Waals surface area (Å²) in [6, 6.07) is 7.06. The highest BCUT2D eigenvalue weighted by molar-refractivity contribution is 7.89. The van der Waals surface area contributed by atoms with E-state index in [2.05, 4.69) is 18.6 Å². The van der Waals surface area contributed by atoms with Crippen LogP contribution in [-0.2, 0) is 21.2 Å². The summed E-state index contributed by atoms with van der Waals surface area (Å²) in [4.78, 5) is 14.7. The van der Waals surface area contributed by atoms with Crippen molar-refractivity contribution in [2.45, 2.75) is 62.9 Å². The number of carbonyl (C=O) groups excluding carboxylic acids is 1. The minimum Gasteiger partial charge on any atom is -0.342 e. The lowest BCUT2D eigenvalue weighted by molar-refractivity contribution is -0.134. The maximum Gasteiger partial charge on any atom is 0.240 e. The van der Waals surface area contributed by atoms with Crippen LogP contribution in [-0.4, -0.2) is 44.4 Å². The van der Waals surface area contributed by atoms with Crippen LogP contribution < -0.4 is 10.5 Å². The monoisotopic (exact) mass is 379 g/mol. The van der Waals surface area contributed by atoms with Crippen LogP contribution in [0.5, 0.6) is 0 Å². The van der Waals surface area contributed by atoms with E-state index in [9.17, 15) is 13.2 Å². The number of nitrogens with one attached hydrogen (secondary N) is 1. The fraction of sp³-hybridized carbons (Fsp3) is 0.632. The number of likely N-dealkylation sites (tertiary alicyclic amines) is 1. The Morgan fingerprint density at radius 2 is 1.88 bits per heavy atom. The zero-order chi connectivity index (χ0) is 18.9. The summed E-state index contributed by atoms with van der Waals surface area (Å²) in [5.74, 6) is 0.136. The van der Waals surface area contributed by atoms with E-state index in [1.165, 1.54) is 0 Å². The molecule has 1 saturated heterocycles. The van der Waals surface area contributed by atoms with E-state index in [4.69, 9.17) is 5.73 Å². The molecule has 2 fully saturated rings. The molecule has 0 radical (unpaired) electrons. The molecule has 0 bridgehead atoms. The molecule has 1 heterocycles. The third-order valence-corrected chi connectivity index (χ3v) is 6.96. The number of sulfonamides is 1. The van der Waals surface area contributed by atoms with Crippen molar-refractivity contribution in [2.75, 3.05) is 13.1 Å². The Hall–Kier alpha value is -1.44. The molecular formula is C19H29N3O3S. The predicted octanol–water partition coefficient (Wildman–Crippen LogP) is 1.65. The maximum absolute atomic E-state index is 12.5. The van der Waals surface area contributed by atoms with Crippen LogP contribution in [0.3, 0.4) is 0 Å². The summed E-state index contributed by atoms with van der Waals surface area (Å²) >= 11 is 0. The van der Waals surface area contributed by atoms with Crippen LogP contribution in [0.25, 0.3) is 0 Å². The molecule has 0 spiro atoms. The standard InChI is InChI=1S/C19H29N3O3S/c1-19(2)13-22(12-11-17(19)20)18(23)10-5-14-3-8-16(9-4-14)26(24,25)21-15-6-7-15/h3-4,8-9,15,17,21H,5-7,10-13,20H2,1-2H3. The molecule has 2 aliphatic rings. The molecule has 1 aliphatic heterocycles. The number of aryl methyl sites for hydroxylation is 1. The van der Waals surface area contributed by atoms with Gasteiger partial charge in [-0.2, -0.15) is 0 Å². The number of carbonyl (C=O) groups is 1. The molecule has 1 atom stereocenters. The van der Waals surface area contributed by atoms with Gasteiger partial charge in [-0.1, -0.05) is 26.0 Å². The molecule has 1 aliphatic carbocycles. The number of hydrogen-bond acceptors (Lipinski definition) is 4. The minimum absolute atomic E-state index is 0.0571. The second-order valence-corrected chi connectivity index (χ2v) is 9.95. The van der Waals surface area contributed by atoms with Gasteiger partial charge in [-0.15, -0.1) is 0 Å². The number of benzene rings is 1. The van der Waals surface area contributed by atoms with Crippen molar-refractivity contribution in [1.29, 1.82) is 0 Å². The van der Waals surface area contributed by atoms with Gasteiger partial charge in [0, 0.05) is 31.6 Å². The molecule has 3 N–H and O–H groups in total. The zero-order valence-corrected chi connectivity index (χ0v) is 16.4. The maximum atomic E-state index is 12.5. The SMILES string of the molecule is CC1(C)CN(C(=O)CCc2ccc(S(=O)(=O)NC3CC3)cc2)CCC1N. The van der Waals surface area contributed by atoms with Gasteiger partial charge >= 0.3 is 0 Å². The Kier molecular flexibility index (Phi) is 5.42. The number of piperidine rings is 1. The van der Waals surface area contributed by atoms with Crippen molar-refractivity contribution >= 4 is 15.9 Å². The summed E-state index contributed by atoms with van der Waals surface area (Å²) in [5, 5.41) is 0. The van der Waals surface area contributed by atoms with Crippen molar-refractivity contribution in [3.05, 3.63) is 29.8 Å². The topological polar surface area (TPSA) is 92.5 Å². The molecule has 1 aromatic rings. The number of nitrogens with two attached hydrogens (primary N) is 1. The first-order chi connectivity index (χ1) is 12.2. The van der Waals surface area contributed by atoms with Gasteiger partial charge in [-0.05, 0) is 48.8 Å². The highest BCUT2D eigenvalue weighted by Crippen LogP contribution is 2.28. The third-order valence-electron chi connectivity index (χ3n) is 5.43. The lowest BCUT2D eigenvalue weighted by Gasteiger charge is -2.42. The molecular weight excluding hydrogens is 350 g/mol. The van der Waals surface area contributed by atoms with E-state index >= 15 is 0 Å². The summed E-state index contributed by atoms with van der Waals surface area (Å²) in [5.41, 5.74) is 7.04. The van der Waals surface area contributed by atoms with Crippen LogP contribution in [0, 0.1) is 5.41 Å². The summed E-state index contributed by atoms with van der Waals surface area (Å²) in [7, 11) is -3.42. The first-order valence-corrected chi connectivity index (χ1v) is 10.8. The van der Waals surface area contributed by atoms with Crippen molar-refractivity contribution in [2.24, 2.45) is 11.1 Å². The first kappa shape index (κ1) is 19.3. The molecule has 0 aromatic heterocycles. The van der Waals surface area contributed by atoms with Crippen LogP contribution in [0.15, 0.2) is 29.2 Å². The summed E-state index contributed by atoms with van der Waals surface area (Å²) in [6.07, 6.45) is 3.70. The Bertz CT molecular complexity index is 755. The molecule has 1 unspecified atom stereocenters. The van der Waals surface area contributed by atoms with Gasteiger partial charge in [-0.3, -0.25) is 4.79 Å². The van der Waals surface area contributed by atoms with Gasteiger partial charge in [-0.25, -0.2) is 13.1 Å². The quantitative estimate of drug-likeness (QED) is 0.786. The molecule has 1 saturated carbocycles. The van der Waals surface area contributed by atoms with Gasteiger partial charge in [0.25, 0.3) is 0 Å².